The minimum atomic E-state index is -3.50. The van der Waals surface area contributed by atoms with Crippen LogP contribution in [0.15, 0.2) is 48.5 Å². The Morgan fingerprint density at radius 2 is 1.82 bits per heavy atom. The third kappa shape index (κ3) is 4.02. The van der Waals surface area contributed by atoms with E-state index in [9.17, 15) is 9.36 Å². The number of benzene rings is 2. The topological polar surface area (TPSA) is 77.5 Å². The molecule has 8 heteroatoms. The normalized spacial score (nSPS) is 13.0. The predicted octanol–water partition coefficient (Wildman–Crippen LogP) is 4.79. The summed E-state index contributed by atoms with van der Waals surface area (Å²) in [5.41, 5.74) is 2.74. The van der Waals surface area contributed by atoms with Gasteiger partial charge in [0.2, 0.25) is 0 Å². The summed E-state index contributed by atoms with van der Waals surface area (Å²) in [4.78, 5) is 17.0. The molecule has 0 aliphatic heterocycles. The second-order valence-corrected chi connectivity index (χ2v) is 9.36. The summed E-state index contributed by atoms with van der Waals surface area (Å²) in [7, 11) is -0.831. The number of carbonyl (C=O) groups excluding carboxylic acids is 1. The number of anilines is 1. The van der Waals surface area contributed by atoms with Gasteiger partial charge in [-0.15, -0.1) is 11.3 Å². The molecule has 1 aromatic heterocycles. The number of hydrogen-bond donors (Lipinski definition) is 1. The Kier molecular flexibility index (Phi) is 5.98. The second kappa shape index (κ2) is 8.27. The van der Waals surface area contributed by atoms with Crippen LogP contribution >= 0.6 is 18.9 Å². The minimum Gasteiger partial charge on any atom is -0.465 e. The number of aromatic nitrogens is 1. The van der Waals surface area contributed by atoms with Gasteiger partial charge in [0.05, 0.1) is 12.4 Å². The van der Waals surface area contributed by atoms with Crippen molar-refractivity contribution < 1.29 is 18.6 Å². The van der Waals surface area contributed by atoms with E-state index in [0.717, 1.165) is 16.7 Å². The fraction of sp³-hybridized carbons (Fsp3) is 0.200. The lowest BCUT2D eigenvalue weighted by Gasteiger charge is -2.20. The van der Waals surface area contributed by atoms with Gasteiger partial charge in [0.15, 0.2) is 10.7 Å². The Morgan fingerprint density at radius 3 is 2.43 bits per heavy atom. The highest BCUT2D eigenvalue weighted by atomic mass is 32.1. The largest absolute Gasteiger partial charge is 0.465 e. The lowest BCUT2D eigenvalue weighted by molar-refractivity contribution is 0.0607. The highest BCUT2D eigenvalue weighted by Gasteiger charge is 2.31. The maximum absolute atomic E-state index is 13.6. The van der Waals surface area contributed by atoms with Crippen molar-refractivity contribution in [2.75, 3.05) is 19.3 Å². The van der Waals surface area contributed by atoms with Gasteiger partial charge in [0.25, 0.3) is 0 Å². The summed E-state index contributed by atoms with van der Waals surface area (Å²) in [5, 5.41) is 4.04. The second-order valence-electron chi connectivity index (χ2n) is 6.19. The molecule has 1 unspecified atom stereocenters. The van der Waals surface area contributed by atoms with Crippen molar-refractivity contribution in [3.05, 3.63) is 64.5 Å². The zero-order valence-corrected chi connectivity index (χ0v) is 17.8. The van der Waals surface area contributed by atoms with Crippen molar-refractivity contribution in [3.8, 4) is 10.6 Å². The first-order valence-corrected chi connectivity index (χ1v) is 11.0. The average molecular weight is 416 g/mol. The first-order valence-electron chi connectivity index (χ1n) is 8.54. The number of aryl methyl sites for hydroxylation is 2. The van der Waals surface area contributed by atoms with E-state index >= 15 is 0 Å². The number of esters is 1. The van der Waals surface area contributed by atoms with Crippen LogP contribution in [0.3, 0.4) is 0 Å². The Labute approximate surface area is 168 Å². The van der Waals surface area contributed by atoms with E-state index in [0.29, 0.717) is 10.3 Å². The average Bonchev–Trinajstić information content (AvgIpc) is 3.11. The maximum Gasteiger partial charge on any atom is 0.351 e. The number of carbonyl (C=O) groups is 1. The molecule has 146 valence electrons. The van der Waals surface area contributed by atoms with Crippen molar-refractivity contribution >= 4 is 35.9 Å². The van der Waals surface area contributed by atoms with Gasteiger partial charge < -0.3 is 9.26 Å². The fourth-order valence-electron chi connectivity index (χ4n) is 2.81. The SMILES string of the molecule is COC(=O)c1sc(-c2ccccc2)nc1NP(=O)(OC)c1ccc(C)cc1C. The summed E-state index contributed by atoms with van der Waals surface area (Å²) in [6, 6.07) is 15.0. The Balaban J connectivity index is 2.07. The van der Waals surface area contributed by atoms with E-state index < -0.39 is 13.5 Å². The summed E-state index contributed by atoms with van der Waals surface area (Å²) in [5.74, 6) is -0.369. The van der Waals surface area contributed by atoms with Gasteiger partial charge in [0, 0.05) is 12.7 Å². The molecule has 0 saturated carbocycles. The van der Waals surface area contributed by atoms with Crippen LogP contribution in [0.2, 0.25) is 0 Å². The first kappa shape index (κ1) is 20.3. The van der Waals surface area contributed by atoms with Crippen LogP contribution in [0, 0.1) is 13.8 Å². The number of hydrogen-bond acceptors (Lipinski definition) is 6. The Morgan fingerprint density at radius 1 is 1.11 bits per heavy atom. The van der Waals surface area contributed by atoms with E-state index in [1.807, 2.05) is 56.3 Å². The number of methoxy groups -OCH3 is 1. The van der Waals surface area contributed by atoms with Crippen molar-refractivity contribution in [3.63, 3.8) is 0 Å². The van der Waals surface area contributed by atoms with Gasteiger partial charge in [-0.2, -0.15) is 0 Å². The van der Waals surface area contributed by atoms with Gasteiger partial charge >= 0.3 is 13.5 Å². The van der Waals surface area contributed by atoms with E-state index in [-0.39, 0.29) is 10.7 Å². The molecule has 1 heterocycles. The molecular formula is C20H21N2O4PS. The molecule has 6 nitrogen and oxygen atoms in total. The summed E-state index contributed by atoms with van der Waals surface area (Å²) < 4.78 is 23.8. The fourth-order valence-corrected chi connectivity index (χ4v) is 5.48. The molecule has 0 saturated heterocycles. The van der Waals surface area contributed by atoms with Crippen LogP contribution in [0.25, 0.3) is 10.6 Å². The highest BCUT2D eigenvalue weighted by molar-refractivity contribution is 7.68. The summed E-state index contributed by atoms with van der Waals surface area (Å²) in [6.07, 6.45) is 0. The molecule has 3 rings (SSSR count). The molecule has 0 amide bonds. The van der Waals surface area contributed by atoms with Crippen LogP contribution in [0.1, 0.15) is 20.8 Å². The molecule has 1 atom stereocenters. The van der Waals surface area contributed by atoms with Gasteiger partial charge in [-0.05, 0) is 25.5 Å². The van der Waals surface area contributed by atoms with Crippen LogP contribution in [-0.2, 0) is 13.8 Å². The standard InChI is InChI=1S/C20H21N2O4PS/c1-13-10-11-16(14(2)12-13)27(24,26-4)22-18-17(20(23)25-3)28-19(21-18)15-8-6-5-7-9-15/h5-12H,1-4H3,(H,22,24). The van der Waals surface area contributed by atoms with E-state index in [2.05, 4.69) is 10.1 Å². The molecule has 0 bridgehead atoms. The zero-order valence-electron chi connectivity index (χ0n) is 16.1. The van der Waals surface area contributed by atoms with E-state index in [4.69, 9.17) is 9.26 Å². The van der Waals surface area contributed by atoms with Gasteiger partial charge in [-0.3, -0.25) is 9.65 Å². The van der Waals surface area contributed by atoms with Crippen LogP contribution in [0.5, 0.6) is 0 Å². The smallest absolute Gasteiger partial charge is 0.351 e. The maximum atomic E-state index is 13.6. The van der Waals surface area contributed by atoms with Crippen LogP contribution in [-0.4, -0.2) is 25.2 Å². The quantitative estimate of drug-likeness (QED) is 0.460. The van der Waals surface area contributed by atoms with Gasteiger partial charge in [-0.25, -0.2) is 9.78 Å². The molecule has 0 spiro atoms. The predicted molar refractivity (Wildman–Crippen MR) is 113 cm³/mol. The monoisotopic (exact) mass is 416 g/mol. The Bertz CT molecular complexity index is 1050. The molecule has 0 radical (unpaired) electrons. The van der Waals surface area contributed by atoms with Crippen LogP contribution < -0.4 is 10.4 Å². The Hall–Kier alpha value is -2.47. The molecule has 0 aliphatic carbocycles. The van der Waals surface area contributed by atoms with Crippen molar-refractivity contribution in [1.82, 2.24) is 4.98 Å². The molecule has 1 N–H and O–H groups in total. The zero-order chi connectivity index (χ0) is 20.3. The number of ether oxygens (including phenoxy) is 1. The molecule has 2 aromatic carbocycles. The lowest BCUT2D eigenvalue weighted by Crippen LogP contribution is -2.17. The highest BCUT2D eigenvalue weighted by Crippen LogP contribution is 2.47. The van der Waals surface area contributed by atoms with Crippen molar-refractivity contribution in [2.24, 2.45) is 0 Å². The molecule has 0 aliphatic rings. The van der Waals surface area contributed by atoms with Gasteiger partial charge in [0.1, 0.15) is 5.01 Å². The number of nitrogens with zero attached hydrogens (tertiary/aromatic N) is 1. The molecule has 28 heavy (non-hydrogen) atoms. The summed E-state index contributed by atoms with van der Waals surface area (Å²) >= 11 is 1.17. The third-order valence-electron chi connectivity index (χ3n) is 4.20. The van der Waals surface area contributed by atoms with Crippen LogP contribution in [0.4, 0.5) is 5.82 Å². The molecule has 3 aromatic rings. The molecular weight excluding hydrogens is 395 g/mol. The third-order valence-corrected chi connectivity index (χ3v) is 7.44. The minimum absolute atomic E-state index is 0.181. The number of rotatable bonds is 6. The number of thiazole rings is 1. The van der Waals surface area contributed by atoms with Crippen molar-refractivity contribution in [1.29, 1.82) is 0 Å². The first-order chi connectivity index (χ1) is 13.4. The number of nitrogens with one attached hydrogen (secondary N) is 1. The lowest BCUT2D eigenvalue weighted by atomic mass is 10.2. The van der Waals surface area contributed by atoms with E-state index in [1.165, 1.54) is 25.6 Å². The van der Waals surface area contributed by atoms with Crippen molar-refractivity contribution in [2.45, 2.75) is 13.8 Å². The summed E-state index contributed by atoms with van der Waals surface area (Å²) in [6.45, 7) is 3.83. The van der Waals surface area contributed by atoms with E-state index in [1.54, 1.807) is 6.07 Å². The molecule has 0 fully saturated rings. The van der Waals surface area contributed by atoms with Gasteiger partial charge in [-0.1, -0.05) is 48.0 Å².